The lowest BCUT2D eigenvalue weighted by Gasteiger charge is -2.29. The van der Waals surface area contributed by atoms with Crippen molar-refractivity contribution in [2.75, 3.05) is 19.6 Å². The number of likely N-dealkylation sites (tertiary alicyclic amines) is 1. The Morgan fingerprint density at radius 1 is 1.12 bits per heavy atom. The van der Waals surface area contributed by atoms with E-state index in [-0.39, 0.29) is 5.56 Å². The molecule has 4 heteroatoms. The van der Waals surface area contributed by atoms with Gasteiger partial charge in [-0.1, -0.05) is 12.5 Å². The summed E-state index contributed by atoms with van der Waals surface area (Å²) in [4.78, 5) is 2.18. The van der Waals surface area contributed by atoms with Crippen molar-refractivity contribution in [1.82, 2.24) is 4.90 Å². The summed E-state index contributed by atoms with van der Waals surface area (Å²) in [5, 5.41) is 0. The highest BCUT2D eigenvalue weighted by Crippen LogP contribution is 2.21. The first kappa shape index (κ1) is 12.5. The highest BCUT2D eigenvalue weighted by molar-refractivity contribution is 5.23. The molecule has 94 valence electrons. The van der Waals surface area contributed by atoms with Gasteiger partial charge in [0.15, 0.2) is 0 Å². The van der Waals surface area contributed by atoms with Crippen molar-refractivity contribution in [1.29, 1.82) is 0 Å². The summed E-state index contributed by atoms with van der Waals surface area (Å²) in [5.74, 6) is -1.09. The third-order valence-electron chi connectivity index (χ3n) is 3.27. The molecule has 2 rings (SSSR count). The highest BCUT2D eigenvalue weighted by Gasteiger charge is 2.20. The molecule has 1 fully saturated rings. The molecule has 1 aromatic carbocycles. The predicted molar refractivity (Wildman–Crippen MR) is 63.6 cm³/mol. The van der Waals surface area contributed by atoms with Gasteiger partial charge in [-0.05, 0) is 38.1 Å². The SMILES string of the molecule is NC(CN1CCCCC1)c1c(F)cccc1F. The summed E-state index contributed by atoms with van der Waals surface area (Å²) in [7, 11) is 0. The van der Waals surface area contributed by atoms with Crippen LogP contribution in [0.3, 0.4) is 0 Å². The molecule has 1 saturated heterocycles. The average molecular weight is 240 g/mol. The van der Waals surface area contributed by atoms with Crippen LogP contribution in [-0.4, -0.2) is 24.5 Å². The molecule has 17 heavy (non-hydrogen) atoms. The quantitative estimate of drug-likeness (QED) is 0.879. The molecule has 0 saturated carbocycles. The fourth-order valence-corrected chi connectivity index (χ4v) is 2.38. The van der Waals surface area contributed by atoms with E-state index in [9.17, 15) is 8.78 Å². The van der Waals surface area contributed by atoms with E-state index in [2.05, 4.69) is 4.90 Å². The number of nitrogens with two attached hydrogens (primary N) is 1. The van der Waals surface area contributed by atoms with Gasteiger partial charge in [-0.25, -0.2) is 8.78 Å². The number of nitrogens with zero attached hydrogens (tertiary/aromatic N) is 1. The molecule has 0 amide bonds. The van der Waals surface area contributed by atoms with Crippen molar-refractivity contribution in [3.63, 3.8) is 0 Å². The van der Waals surface area contributed by atoms with Gasteiger partial charge in [0.05, 0.1) is 0 Å². The Balaban J connectivity index is 2.05. The summed E-state index contributed by atoms with van der Waals surface area (Å²) in [6, 6.07) is 3.29. The maximum absolute atomic E-state index is 13.5. The van der Waals surface area contributed by atoms with Crippen molar-refractivity contribution in [3.05, 3.63) is 35.4 Å². The second kappa shape index (κ2) is 5.56. The van der Waals surface area contributed by atoms with Gasteiger partial charge in [-0.15, -0.1) is 0 Å². The van der Waals surface area contributed by atoms with Crippen LogP contribution in [0.2, 0.25) is 0 Å². The Kier molecular flexibility index (Phi) is 4.07. The Morgan fingerprint density at radius 2 is 1.71 bits per heavy atom. The van der Waals surface area contributed by atoms with E-state index in [1.165, 1.54) is 24.6 Å². The summed E-state index contributed by atoms with van der Waals surface area (Å²) in [6.07, 6.45) is 3.53. The molecule has 0 spiro atoms. The number of hydrogen-bond acceptors (Lipinski definition) is 2. The maximum Gasteiger partial charge on any atom is 0.130 e. The van der Waals surface area contributed by atoms with Crippen LogP contribution in [0, 0.1) is 11.6 Å². The molecule has 2 nitrogen and oxygen atoms in total. The lowest BCUT2D eigenvalue weighted by atomic mass is 10.0. The number of benzene rings is 1. The smallest absolute Gasteiger partial charge is 0.130 e. The van der Waals surface area contributed by atoms with E-state index in [4.69, 9.17) is 5.73 Å². The van der Waals surface area contributed by atoms with Gasteiger partial charge in [0.2, 0.25) is 0 Å². The van der Waals surface area contributed by atoms with Crippen LogP contribution in [0.1, 0.15) is 30.9 Å². The van der Waals surface area contributed by atoms with Gasteiger partial charge < -0.3 is 10.6 Å². The van der Waals surface area contributed by atoms with E-state index in [1.807, 2.05) is 0 Å². The van der Waals surface area contributed by atoms with Crippen LogP contribution >= 0.6 is 0 Å². The molecular weight excluding hydrogens is 222 g/mol. The molecule has 1 aliphatic rings. The van der Waals surface area contributed by atoms with Crippen LogP contribution in [-0.2, 0) is 0 Å². The second-order valence-corrected chi connectivity index (χ2v) is 4.60. The Labute approximate surface area is 100 Å². The van der Waals surface area contributed by atoms with Gasteiger partial charge in [0.25, 0.3) is 0 Å². The minimum Gasteiger partial charge on any atom is -0.323 e. The summed E-state index contributed by atoms with van der Waals surface area (Å²) in [5.41, 5.74) is 5.92. The normalized spacial score (nSPS) is 19.2. The van der Waals surface area contributed by atoms with Crippen molar-refractivity contribution in [3.8, 4) is 0 Å². The number of hydrogen-bond donors (Lipinski definition) is 1. The van der Waals surface area contributed by atoms with Crippen LogP contribution in [0.4, 0.5) is 8.78 Å². The molecule has 1 atom stereocenters. The Hall–Kier alpha value is -1.00. The molecule has 0 aliphatic carbocycles. The first-order chi connectivity index (χ1) is 8.18. The number of rotatable bonds is 3. The van der Waals surface area contributed by atoms with Crippen LogP contribution in [0.5, 0.6) is 0 Å². The number of piperidine rings is 1. The van der Waals surface area contributed by atoms with Gasteiger partial charge >= 0.3 is 0 Å². The topological polar surface area (TPSA) is 29.3 Å². The van der Waals surface area contributed by atoms with Crippen LogP contribution in [0.15, 0.2) is 18.2 Å². The Morgan fingerprint density at radius 3 is 2.29 bits per heavy atom. The summed E-state index contributed by atoms with van der Waals surface area (Å²) >= 11 is 0. The molecule has 0 aromatic heterocycles. The lowest BCUT2D eigenvalue weighted by Crippen LogP contribution is -2.36. The van der Waals surface area contributed by atoms with E-state index in [0.29, 0.717) is 6.54 Å². The van der Waals surface area contributed by atoms with Gasteiger partial charge in [-0.3, -0.25) is 0 Å². The zero-order valence-corrected chi connectivity index (χ0v) is 9.83. The fourth-order valence-electron chi connectivity index (χ4n) is 2.38. The molecule has 1 aliphatic heterocycles. The van der Waals surface area contributed by atoms with Crippen LogP contribution < -0.4 is 5.73 Å². The molecule has 2 N–H and O–H groups in total. The van der Waals surface area contributed by atoms with Gasteiger partial charge in [0, 0.05) is 18.2 Å². The average Bonchev–Trinajstić information content (AvgIpc) is 2.30. The molecule has 1 unspecified atom stereocenters. The first-order valence-electron chi connectivity index (χ1n) is 6.10. The van der Waals surface area contributed by atoms with E-state index < -0.39 is 17.7 Å². The van der Waals surface area contributed by atoms with Crippen LogP contribution in [0.25, 0.3) is 0 Å². The predicted octanol–water partition coefficient (Wildman–Crippen LogP) is 2.45. The van der Waals surface area contributed by atoms with Crippen molar-refractivity contribution < 1.29 is 8.78 Å². The lowest BCUT2D eigenvalue weighted by molar-refractivity contribution is 0.214. The fraction of sp³-hybridized carbons (Fsp3) is 0.538. The van der Waals surface area contributed by atoms with E-state index in [1.54, 1.807) is 0 Å². The molecule has 0 radical (unpaired) electrons. The van der Waals surface area contributed by atoms with Gasteiger partial charge in [0.1, 0.15) is 11.6 Å². The molecular formula is C13H18F2N2. The number of halogens is 2. The standard InChI is InChI=1S/C13H18F2N2/c14-10-5-4-6-11(15)13(10)12(16)9-17-7-2-1-3-8-17/h4-6,12H,1-3,7-9,16H2. The second-order valence-electron chi connectivity index (χ2n) is 4.60. The van der Waals surface area contributed by atoms with Gasteiger partial charge in [-0.2, -0.15) is 0 Å². The first-order valence-corrected chi connectivity index (χ1v) is 6.10. The summed E-state index contributed by atoms with van der Waals surface area (Å²) in [6.45, 7) is 2.48. The molecule has 0 bridgehead atoms. The minimum atomic E-state index is -0.589. The largest absolute Gasteiger partial charge is 0.323 e. The zero-order chi connectivity index (χ0) is 12.3. The van der Waals surface area contributed by atoms with E-state index in [0.717, 1.165) is 25.9 Å². The summed E-state index contributed by atoms with van der Waals surface area (Å²) < 4.78 is 27.0. The monoisotopic (exact) mass is 240 g/mol. The van der Waals surface area contributed by atoms with Crippen molar-refractivity contribution in [2.24, 2.45) is 5.73 Å². The molecule has 1 heterocycles. The Bertz CT molecular complexity index is 355. The third-order valence-corrected chi connectivity index (χ3v) is 3.27. The van der Waals surface area contributed by atoms with Crippen molar-refractivity contribution >= 4 is 0 Å². The minimum absolute atomic E-state index is 0.0121. The maximum atomic E-state index is 13.5. The van der Waals surface area contributed by atoms with Crippen molar-refractivity contribution in [2.45, 2.75) is 25.3 Å². The zero-order valence-electron chi connectivity index (χ0n) is 9.83. The van der Waals surface area contributed by atoms with E-state index >= 15 is 0 Å². The highest BCUT2D eigenvalue weighted by atomic mass is 19.1. The third kappa shape index (κ3) is 3.01. The molecule has 1 aromatic rings.